The smallest absolute Gasteiger partial charge is 0.261 e. The van der Waals surface area contributed by atoms with Crippen LogP contribution in [0.5, 0.6) is 11.6 Å². The Bertz CT molecular complexity index is 1120. The van der Waals surface area contributed by atoms with Gasteiger partial charge in [-0.05, 0) is 55.5 Å². The second kappa shape index (κ2) is 7.66. The van der Waals surface area contributed by atoms with Crippen molar-refractivity contribution in [2.24, 2.45) is 0 Å². The van der Waals surface area contributed by atoms with Crippen molar-refractivity contribution >= 4 is 27.3 Å². The lowest BCUT2D eigenvalue weighted by Crippen LogP contribution is -2.12. The highest BCUT2D eigenvalue weighted by molar-refractivity contribution is 7.92. The van der Waals surface area contributed by atoms with Crippen LogP contribution in [0.2, 0.25) is 5.02 Å². The third-order valence-electron chi connectivity index (χ3n) is 3.54. The van der Waals surface area contributed by atoms with Crippen LogP contribution in [0.3, 0.4) is 0 Å². The summed E-state index contributed by atoms with van der Waals surface area (Å²) in [7, 11) is -3.77. The van der Waals surface area contributed by atoms with E-state index in [-0.39, 0.29) is 16.3 Å². The van der Waals surface area contributed by atoms with E-state index in [4.69, 9.17) is 21.6 Å². The number of nitriles is 1. The van der Waals surface area contributed by atoms with Gasteiger partial charge in [0.1, 0.15) is 17.4 Å². The highest BCUT2D eigenvalue weighted by Gasteiger charge is 2.15. The fraction of sp³-hybridized carbons (Fsp3) is 0.0526. The first-order valence-corrected chi connectivity index (χ1v) is 9.67. The van der Waals surface area contributed by atoms with E-state index in [0.29, 0.717) is 22.2 Å². The minimum Gasteiger partial charge on any atom is -0.438 e. The molecule has 0 saturated heterocycles. The van der Waals surface area contributed by atoms with Crippen LogP contribution in [0.4, 0.5) is 5.69 Å². The van der Waals surface area contributed by atoms with E-state index in [1.165, 1.54) is 30.3 Å². The number of benzene rings is 2. The maximum absolute atomic E-state index is 12.5. The topological polar surface area (TPSA) is 92.1 Å². The molecule has 0 unspecified atom stereocenters. The first-order valence-electron chi connectivity index (χ1n) is 7.81. The zero-order chi connectivity index (χ0) is 19.4. The van der Waals surface area contributed by atoms with Gasteiger partial charge in [0.05, 0.1) is 10.6 Å². The zero-order valence-electron chi connectivity index (χ0n) is 14.2. The second-order valence-electron chi connectivity index (χ2n) is 5.61. The number of ether oxygens (including phenoxy) is 1. The van der Waals surface area contributed by atoms with E-state index in [0.717, 1.165) is 0 Å². The molecule has 0 bridgehead atoms. The minimum absolute atomic E-state index is 0.0883. The van der Waals surface area contributed by atoms with Gasteiger partial charge in [-0.2, -0.15) is 5.26 Å². The Morgan fingerprint density at radius 3 is 2.56 bits per heavy atom. The van der Waals surface area contributed by atoms with Gasteiger partial charge < -0.3 is 4.74 Å². The zero-order valence-corrected chi connectivity index (χ0v) is 15.8. The van der Waals surface area contributed by atoms with E-state index >= 15 is 0 Å². The van der Waals surface area contributed by atoms with E-state index in [9.17, 15) is 8.42 Å². The number of nitrogens with zero attached hydrogens (tertiary/aromatic N) is 2. The molecule has 0 radical (unpaired) electrons. The molecular weight excluding hydrogens is 386 g/mol. The average molecular weight is 400 g/mol. The molecule has 3 rings (SSSR count). The van der Waals surface area contributed by atoms with Crippen LogP contribution < -0.4 is 9.46 Å². The number of anilines is 1. The molecule has 0 fully saturated rings. The number of rotatable bonds is 5. The Labute approximate surface area is 162 Å². The van der Waals surface area contributed by atoms with Crippen LogP contribution in [0.25, 0.3) is 0 Å². The molecule has 136 valence electrons. The Kier molecular flexibility index (Phi) is 5.31. The van der Waals surface area contributed by atoms with Gasteiger partial charge in [-0.3, -0.25) is 4.72 Å². The number of aryl methyl sites for hydroxylation is 1. The summed E-state index contributed by atoms with van der Waals surface area (Å²) < 4.78 is 33.1. The van der Waals surface area contributed by atoms with Crippen molar-refractivity contribution in [1.29, 1.82) is 5.26 Å². The van der Waals surface area contributed by atoms with Gasteiger partial charge >= 0.3 is 0 Å². The molecule has 0 aliphatic rings. The Balaban J connectivity index is 1.85. The van der Waals surface area contributed by atoms with Crippen LogP contribution in [-0.4, -0.2) is 13.4 Å². The molecule has 8 heteroatoms. The third kappa shape index (κ3) is 4.56. The molecule has 0 spiro atoms. The molecule has 0 aliphatic carbocycles. The fourth-order valence-corrected chi connectivity index (χ4v) is 3.43. The summed E-state index contributed by atoms with van der Waals surface area (Å²) in [4.78, 5) is 4.29. The van der Waals surface area contributed by atoms with Gasteiger partial charge in [-0.25, -0.2) is 13.4 Å². The SMILES string of the molecule is Cc1ccc(C#N)c(Oc2cccc(NS(=O)(=O)c3ccc(Cl)cc3)c2)n1. The van der Waals surface area contributed by atoms with Gasteiger partial charge in [0.25, 0.3) is 10.0 Å². The lowest BCUT2D eigenvalue weighted by atomic mass is 10.2. The number of aromatic nitrogens is 1. The van der Waals surface area contributed by atoms with Crippen molar-refractivity contribution < 1.29 is 13.2 Å². The number of hydrogen-bond acceptors (Lipinski definition) is 5. The average Bonchev–Trinajstić information content (AvgIpc) is 2.62. The number of halogens is 1. The summed E-state index contributed by atoms with van der Waals surface area (Å²) in [6.07, 6.45) is 0. The quantitative estimate of drug-likeness (QED) is 0.681. The molecule has 3 aromatic rings. The number of pyridine rings is 1. The molecule has 0 amide bonds. The van der Waals surface area contributed by atoms with Gasteiger partial charge in [0.15, 0.2) is 0 Å². The van der Waals surface area contributed by atoms with Crippen LogP contribution in [0.15, 0.2) is 65.6 Å². The van der Waals surface area contributed by atoms with Crippen LogP contribution in [-0.2, 0) is 10.0 Å². The monoisotopic (exact) mass is 399 g/mol. The van der Waals surface area contributed by atoms with Crippen LogP contribution in [0, 0.1) is 18.3 Å². The van der Waals surface area contributed by atoms with Crippen molar-refractivity contribution in [3.05, 3.63) is 76.9 Å². The van der Waals surface area contributed by atoms with Gasteiger partial charge in [-0.15, -0.1) is 0 Å². The molecule has 27 heavy (non-hydrogen) atoms. The largest absolute Gasteiger partial charge is 0.438 e. The number of sulfonamides is 1. The molecular formula is C19H14ClN3O3S. The van der Waals surface area contributed by atoms with E-state index in [2.05, 4.69) is 9.71 Å². The minimum atomic E-state index is -3.77. The second-order valence-corrected chi connectivity index (χ2v) is 7.73. The summed E-state index contributed by atoms with van der Waals surface area (Å²) in [5.74, 6) is 0.510. The molecule has 0 saturated carbocycles. The predicted molar refractivity (Wildman–Crippen MR) is 102 cm³/mol. The predicted octanol–water partition coefficient (Wildman–Crippen LogP) is 4.51. The molecule has 1 aromatic heterocycles. The Morgan fingerprint density at radius 2 is 1.85 bits per heavy atom. The highest BCUT2D eigenvalue weighted by Crippen LogP contribution is 2.27. The summed E-state index contributed by atoms with van der Waals surface area (Å²) in [6.45, 7) is 1.78. The first kappa shape index (κ1) is 18.7. The third-order valence-corrected chi connectivity index (χ3v) is 5.19. The van der Waals surface area contributed by atoms with E-state index in [1.54, 1.807) is 37.3 Å². The van der Waals surface area contributed by atoms with Crippen molar-refractivity contribution in [3.63, 3.8) is 0 Å². The molecule has 1 N–H and O–H groups in total. The summed E-state index contributed by atoms with van der Waals surface area (Å²) in [5.41, 5.74) is 1.30. The summed E-state index contributed by atoms with van der Waals surface area (Å²) in [6, 6.07) is 17.6. The Hall–Kier alpha value is -3.08. The van der Waals surface area contributed by atoms with Crippen LogP contribution >= 0.6 is 11.6 Å². The van der Waals surface area contributed by atoms with E-state index < -0.39 is 10.0 Å². The molecule has 6 nitrogen and oxygen atoms in total. The van der Waals surface area contributed by atoms with Crippen molar-refractivity contribution in [1.82, 2.24) is 4.98 Å². The molecule has 0 aliphatic heterocycles. The normalized spacial score (nSPS) is 10.9. The standard InChI is InChI=1S/C19H14ClN3O3S/c1-13-5-6-14(12-21)19(22-13)26-17-4-2-3-16(11-17)23-27(24,25)18-9-7-15(20)8-10-18/h2-11,23H,1H3. The van der Waals surface area contributed by atoms with Gasteiger partial charge in [0, 0.05) is 16.8 Å². The summed E-state index contributed by atoms with van der Waals surface area (Å²) in [5, 5.41) is 9.62. The fourth-order valence-electron chi connectivity index (χ4n) is 2.26. The van der Waals surface area contributed by atoms with E-state index in [1.807, 2.05) is 6.07 Å². The van der Waals surface area contributed by atoms with Crippen molar-refractivity contribution in [3.8, 4) is 17.7 Å². The van der Waals surface area contributed by atoms with Gasteiger partial charge in [-0.1, -0.05) is 17.7 Å². The first-order chi connectivity index (χ1) is 12.9. The highest BCUT2D eigenvalue weighted by atomic mass is 35.5. The maximum Gasteiger partial charge on any atom is 0.261 e. The molecule has 2 aromatic carbocycles. The lowest BCUT2D eigenvalue weighted by Gasteiger charge is -2.11. The lowest BCUT2D eigenvalue weighted by molar-refractivity contribution is 0.460. The molecule has 1 heterocycles. The molecule has 0 atom stereocenters. The van der Waals surface area contributed by atoms with Crippen molar-refractivity contribution in [2.45, 2.75) is 11.8 Å². The number of nitrogens with one attached hydrogen (secondary N) is 1. The summed E-state index contributed by atoms with van der Waals surface area (Å²) >= 11 is 5.79. The Morgan fingerprint density at radius 1 is 1.11 bits per heavy atom. The number of hydrogen-bond donors (Lipinski definition) is 1. The van der Waals surface area contributed by atoms with Crippen molar-refractivity contribution in [2.75, 3.05) is 4.72 Å². The van der Waals surface area contributed by atoms with Crippen LogP contribution in [0.1, 0.15) is 11.3 Å². The van der Waals surface area contributed by atoms with Gasteiger partial charge in [0.2, 0.25) is 5.88 Å². The maximum atomic E-state index is 12.5.